The molecule has 0 saturated heterocycles. The molecule has 146 valence electrons. The number of carbonyl (C=O) groups is 1. The summed E-state index contributed by atoms with van der Waals surface area (Å²) in [7, 11) is 3.37. The number of aromatic nitrogens is 1. The van der Waals surface area contributed by atoms with Crippen molar-refractivity contribution in [2.24, 2.45) is 0 Å². The number of hydrogen-bond acceptors (Lipinski definition) is 5. The lowest BCUT2D eigenvalue weighted by Crippen LogP contribution is -2.26. The summed E-state index contributed by atoms with van der Waals surface area (Å²) in [6, 6.07) is 13.6. The van der Waals surface area contributed by atoms with Gasteiger partial charge in [0.25, 0.3) is 5.91 Å². The van der Waals surface area contributed by atoms with Gasteiger partial charge in [0.2, 0.25) is 0 Å². The molecule has 0 saturated carbocycles. The van der Waals surface area contributed by atoms with Gasteiger partial charge in [-0.05, 0) is 35.7 Å². The molecule has 0 N–H and O–H groups in total. The highest BCUT2D eigenvalue weighted by Gasteiger charge is 2.15. The predicted octanol–water partition coefficient (Wildman–Crippen LogP) is 4.57. The quantitative estimate of drug-likeness (QED) is 0.560. The number of rotatable bonds is 8. The number of benzene rings is 2. The summed E-state index contributed by atoms with van der Waals surface area (Å²) in [4.78, 5) is 18.7. The van der Waals surface area contributed by atoms with Gasteiger partial charge in [0, 0.05) is 24.5 Å². The summed E-state index contributed by atoms with van der Waals surface area (Å²) in [5, 5.41) is 1.94. The van der Waals surface area contributed by atoms with E-state index in [1.165, 1.54) is 16.9 Å². The maximum Gasteiger partial charge on any atom is 0.254 e. The monoisotopic (exact) mass is 396 g/mol. The van der Waals surface area contributed by atoms with Gasteiger partial charge in [-0.25, -0.2) is 4.98 Å². The third kappa shape index (κ3) is 4.89. The van der Waals surface area contributed by atoms with Crippen LogP contribution in [0.5, 0.6) is 11.5 Å². The van der Waals surface area contributed by atoms with Gasteiger partial charge in [0.1, 0.15) is 6.61 Å². The van der Waals surface area contributed by atoms with Crippen molar-refractivity contribution in [3.05, 3.63) is 75.7 Å². The molecule has 0 unspecified atom stereocenters. The zero-order chi connectivity index (χ0) is 19.9. The van der Waals surface area contributed by atoms with Gasteiger partial charge >= 0.3 is 0 Å². The van der Waals surface area contributed by atoms with Gasteiger partial charge in [-0.2, -0.15) is 0 Å². The third-order valence-electron chi connectivity index (χ3n) is 4.47. The van der Waals surface area contributed by atoms with Crippen molar-refractivity contribution in [2.75, 3.05) is 14.2 Å². The van der Waals surface area contributed by atoms with Gasteiger partial charge in [-0.1, -0.05) is 31.2 Å². The first-order valence-electron chi connectivity index (χ1n) is 9.12. The normalized spacial score (nSPS) is 10.5. The third-order valence-corrected chi connectivity index (χ3v) is 5.10. The standard InChI is InChI=1S/C22H24N2O3S/c1-4-16-5-7-17(8-6-16)12-24(2)22(25)18-9-10-20(21(11-18)26-3)27-13-19-14-28-15-23-19/h5-11,14-15H,4,12-13H2,1-3H3. The summed E-state index contributed by atoms with van der Waals surface area (Å²) >= 11 is 1.52. The largest absolute Gasteiger partial charge is 0.493 e. The molecular formula is C22H24N2O3S. The fourth-order valence-corrected chi connectivity index (χ4v) is 3.37. The number of thiazole rings is 1. The minimum Gasteiger partial charge on any atom is -0.493 e. The number of carbonyl (C=O) groups excluding carboxylic acids is 1. The molecule has 0 bridgehead atoms. The summed E-state index contributed by atoms with van der Waals surface area (Å²) in [5.41, 5.74) is 5.58. The first-order chi connectivity index (χ1) is 13.6. The Morgan fingerprint density at radius 1 is 1.11 bits per heavy atom. The Hall–Kier alpha value is -2.86. The maximum absolute atomic E-state index is 12.8. The molecule has 0 atom stereocenters. The number of amides is 1. The molecule has 5 nitrogen and oxygen atoms in total. The second-order valence-corrected chi connectivity index (χ2v) is 7.18. The van der Waals surface area contributed by atoms with Crippen molar-refractivity contribution < 1.29 is 14.3 Å². The molecular weight excluding hydrogens is 372 g/mol. The van der Waals surface area contributed by atoms with Crippen LogP contribution in [0.15, 0.2) is 53.4 Å². The first kappa shape index (κ1) is 19.9. The second kappa shape index (κ2) is 9.37. The van der Waals surface area contributed by atoms with Crippen LogP contribution in [0.1, 0.15) is 34.1 Å². The van der Waals surface area contributed by atoms with Crippen LogP contribution in [0, 0.1) is 0 Å². The molecule has 1 aromatic heterocycles. The van der Waals surface area contributed by atoms with Crippen LogP contribution in [-0.4, -0.2) is 29.9 Å². The fourth-order valence-electron chi connectivity index (χ4n) is 2.83. The van der Waals surface area contributed by atoms with Crippen molar-refractivity contribution in [2.45, 2.75) is 26.5 Å². The molecule has 0 fully saturated rings. The molecule has 3 rings (SSSR count). The van der Waals surface area contributed by atoms with E-state index in [-0.39, 0.29) is 5.91 Å². The Morgan fingerprint density at radius 2 is 1.86 bits per heavy atom. The van der Waals surface area contributed by atoms with Crippen LogP contribution in [0.2, 0.25) is 0 Å². The lowest BCUT2D eigenvalue weighted by atomic mass is 10.1. The zero-order valence-corrected chi connectivity index (χ0v) is 17.2. The Morgan fingerprint density at radius 3 is 2.50 bits per heavy atom. The van der Waals surface area contributed by atoms with E-state index in [0.29, 0.717) is 30.2 Å². The fraction of sp³-hybridized carbons (Fsp3) is 0.273. The maximum atomic E-state index is 12.8. The summed E-state index contributed by atoms with van der Waals surface area (Å²) in [6.07, 6.45) is 1.01. The Bertz CT molecular complexity index is 908. The van der Waals surface area contributed by atoms with Crippen LogP contribution in [0.3, 0.4) is 0 Å². The molecule has 1 amide bonds. The molecule has 0 spiro atoms. The minimum absolute atomic E-state index is 0.0658. The van der Waals surface area contributed by atoms with E-state index in [0.717, 1.165) is 17.7 Å². The Balaban J connectivity index is 1.67. The molecule has 0 aliphatic carbocycles. The van der Waals surface area contributed by atoms with Gasteiger partial charge in [-0.3, -0.25) is 4.79 Å². The van der Waals surface area contributed by atoms with Crippen molar-refractivity contribution in [1.29, 1.82) is 0 Å². The van der Waals surface area contributed by atoms with Crippen molar-refractivity contribution in [3.63, 3.8) is 0 Å². The van der Waals surface area contributed by atoms with E-state index in [1.54, 1.807) is 42.8 Å². The Labute approximate surface area is 169 Å². The summed E-state index contributed by atoms with van der Waals surface area (Å²) < 4.78 is 11.2. The Kier molecular flexibility index (Phi) is 6.66. The van der Waals surface area contributed by atoms with Gasteiger partial charge in [-0.15, -0.1) is 11.3 Å². The van der Waals surface area contributed by atoms with Crippen LogP contribution in [0.25, 0.3) is 0 Å². The van der Waals surface area contributed by atoms with Crippen molar-refractivity contribution in [1.82, 2.24) is 9.88 Å². The second-order valence-electron chi connectivity index (χ2n) is 6.47. The van der Waals surface area contributed by atoms with Crippen molar-refractivity contribution in [3.8, 4) is 11.5 Å². The number of methoxy groups -OCH3 is 1. The SMILES string of the molecule is CCc1ccc(CN(C)C(=O)c2ccc(OCc3cscn3)c(OC)c2)cc1. The number of hydrogen-bond donors (Lipinski definition) is 0. The average molecular weight is 397 g/mol. The van der Waals surface area contributed by atoms with Gasteiger partial charge in [0.05, 0.1) is 18.3 Å². The van der Waals surface area contributed by atoms with E-state index in [9.17, 15) is 4.79 Å². The average Bonchev–Trinajstić information content (AvgIpc) is 3.25. The first-order valence-corrected chi connectivity index (χ1v) is 10.1. The summed E-state index contributed by atoms with van der Waals surface area (Å²) in [6.45, 7) is 3.04. The molecule has 3 aromatic rings. The molecule has 0 aliphatic heterocycles. The van der Waals surface area contributed by atoms with E-state index in [4.69, 9.17) is 9.47 Å². The van der Waals surface area contributed by atoms with Crippen LogP contribution in [0.4, 0.5) is 0 Å². The summed E-state index contributed by atoms with van der Waals surface area (Å²) in [5.74, 6) is 1.05. The van der Waals surface area contributed by atoms with Gasteiger partial charge in [0.15, 0.2) is 11.5 Å². The van der Waals surface area contributed by atoms with E-state index in [1.807, 2.05) is 5.38 Å². The van der Waals surface area contributed by atoms with Crippen LogP contribution in [-0.2, 0) is 19.6 Å². The highest BCUT2D eigenvalue weighted by molar-refractivity contribution is 7.07. The predicted molar refractivity (Wildman–Crippen MR) is 111 cm³/mol. The van der Waals surface area contributed by atoms with Gasteiger partial charge < -0.3 is 14.4 Å². The van der Waals surface area contributed by atoms with E-state index in [2.05, 4.69) is 36.2 Å². The highest BCUT2D eigenvalue weighted by Crippen LogP contribution is 2.29. The van der Waals surface area contributed by atoms with Crippen LogP contribution < -0.4 is 9.47 Å². The lowest BCUT2D eigenvalue weighted by Gasteiger charge is -2.18. The number of ether oxygens (including phenoxy) is 2. The number of aryl methyl sites for hydroxylation is 1. The van der Waals surface area contributed by atoms with E-state index >= 15 is 0 Å². The van der Waals surface area contributed by atoms with E-state index < -0.39 is 0 Å². The molecule has 28 heavy (non-hydrogen) atoms. The molecule has 6 heteroatoms. The molecule has 0 aliphatic rings. The molecule has 2 aromatic carbocycles. The number of nitrogens with zero attached hydrogens (tertiary/aromatic N) is 2. The smallest absolute Gasteiger partial charge is 0.254 e. The minimum atomic E-state index is -0.0658. The topological polar surface area (TPSA) is 51.7 Å². The molecule has 1 heterocycles. The van der Waals surface area contributed by atoms with Crippen LogP contribution >= 0.6 is 11.3 Å². The van der Waals surface area contributed by atoms with Crippen molar-refractivity contribution >= 4 is 17.2 Å². The zero-order valence-electron chi connectivity index (χ0n) is 16.3. The molecule has 0 radical (unpaired) electrons. The highest BCUT2D eigenvalue weighted by atomic mass is 32.1. The lowest BCUT2D eigenvalue weighted by molar-refractivity contribution is 0.0784.